The highest BCUT2D eigenvalue weighted by molar-refractivity contribution is 6.08. The Morgan fingerprint density at radius 3 is 2.62 bits per heavy atom. The van der Waals surface area contributed by atoms with E-state index in [2.05, 4.69) is 4.98 Å². The molecule has 0 aliphatic carbocycles. The summed E-state index contributed by atoms with van der Waals surface area (Å²) in [6, 6.07) is 8.29. The summed E-state index contributed by atoms with van der Waals surface area (Å²) in [6.07, 6.45) is 2.04. The van der Waals surface area contributed by atoms with Gasteiger partial charge in [-0.15, -0.1) is 0 Å². The van der Waals surface area contributed by atoms with Crippen molar-refractivity contribution < 1.29 is 9.21 Å². The molecule has 0 unspecified atom stereocenters. The fourth-order valence-electron chi connectivity index (χ4n) is 3.44. The van der Waals surface area contributed by atoms with E-state index >= 15 is 0 Å². The molecule has 170 valence electrons. The van der Waals surface area contributed by atoms with Crippen LogP contribution in [0, 0.1) is 5.92 Å². The maximum atomic E-state index is 13.5. The van der Waals surface area contributed by atoms with Crippen molar-refractivity contribution in [2.45, 2.75) is 46.6 Å². The van der Waals surface area contributed by atoms with Crippen molar-refractivity contribution in [3.8, 4) is 0 Å². The molecule has 0 atom stereocenters. The third-order valence-corrected chi connectivity index (χ3v) is 5.27. The molecule has 1 amide bonds. The summed E-state index contributed by atoms with van der Waals surface area (Å²) in [5.74, 6) is -0.595. The van der Waals surface area contributed by atoms with Gasteiger partial charge in [-0.05, 0) is 30.9 Å². The van der Waals surface area contributed by atoms with E-state index in [0.29, 0.717) is 30.4 Å². The number of aromatic amines is 1. The lowest BCUT2D eigenvalue weighted by Gasteiger charge is -2.25. The van der Waals surface area contributed by atoms with E-state index < -0.39 is 22.8 Å². The zero-order valence-corrected chi connectivity index (χ0v) is 18.5. The lowest BCUT2D eigenvalue weighted by Crippen LogP contribution is -2.43. The third kappa shape index (κ3) is 4.66. The van der Waals surface area contributed by atoms with Gasteiger partial charge in [0, 0.05) is 18.5 Å². The first-order chi connectivity index (χ1) is 15.2. The predicted molar refractivity (Wildman–Crippen MR) is 124 cm³/mol. The number of carbonyl (C=O) groups excluding carboxylic acids is 1. The number of nitrogens with zero attached hydrogens (tertiary/aromatic N) is 2. The van der Waals surface area contributed by atoms with Crippen LogP contribution in [0.15, 0.2) is 49.1 Å². The minimum atomic E-state index is -0.808. The monoisotopic (exact) mass is 440 g/mol. The summed E-state index contributed by atoms with van der Waals surface area (Å²) >= 11 is 0. The number of nitrogens with one attached hydrogen (secondary N) is 1. The molecule has 1 aromatic carbocycles. The summed E-state index contributed by atoms with van der Waals surface area (Å²) in [4.78, 5) is 54.6. The number of unbranched alkanes of at least 4 members (excludes halogenated alkanes) is 1. The fraction of sp³-hybridized carbons (Fsp3) is 0.391. The lowest BCUT2D eigenvalue weighted by atomic mass is 10.1. The summed E-state index contributed by atoms with van der Waals surface area (Å²) in [6.45, 7) is 6.36. The molecule has 32 heavy (non-hydrogen) atoms. The molecule has 0 saturated carbocycles. The van der Waals surface area contributed by atoms with E-state index in [1.54, 1.807) is 24.3 Å². The number of amides is 1. The second-order valence-electron chi connectivity index (χ2n) is 8.12. The van der Waals surface area contributed by atoms with Crippen molar-refractivity contribution in [3.63, 3.8) is 0 Å². The number of aromatic nitrogens is 2. The number of rotatable bonds is 8. The molecule has 0 fully saturated rings. The topological polar surface area (TPSA) is 131 Å². The van der Waals surface area contributed by atoms with E-state index in [1.165, 1.54) is 15.5 Å². The van der Waals surface area contributed by atoms with Crippen molar-refractivity contribution in [1.82, 2.24) is 9.55 Å². The minimum Gasteiger partial charge on any atom is -0.422 e. The largest absolute Gasteiger partial charge is 0.422 e. The maximum absolute atomic E-state index is 13.5. The number of hydrogen-bond acceptors (Lipinski definition) is 6. The van der Waals surface area contributed by atoms with E-state index in [1.807, 2.05) is 20.8 Å². The van der Waals surface area contributed by atoms with Gasteiger partial charge in [0.15, 0.2) is 5.69 Å². The Hall–Kier alpha value is -3.62. The van der Waals surface area contributed by atoms with Crippen molar-refractivity contribution in [1.29, 1.82) is 0 Å². The number of nitrogen functional groups attached to an aromatic ring is 1. The van der Waals surface area contributed by atoms with E-state index in [-0.39, 0.29) is 29.5 Å². The van der Waals surface area contributed by atoms with E-state index in [0.717, 1.165) is 6.42 Å². The van der Waals surface area contributed by atoms with Gasteiger partial charge >= 0.3 is 11.3 Å². The van der Waals surface area contributed by atoms with Gasteiger partial charge in [0.05, 0.1) is 0 Å². The number of para-hydroxylation sites is 1. The van der Waals surface area contributed by atoms with E-state index in [4.69, 9.17) is 10.2 Å². The normalized spacial score (nSPS) is 11.2. The van der Waals surface area contributed by atoms with Crippen LogP contribution in [0.25, 0.3) is 11.0 Å². The van der Waals surface area contributed by atoms with Crippen LogP contribution in [0.4, 0.5) is 11.5 Å². The number of fused-ring (bicyclic) bond motifs is 1. The van der Waals surface area contributed by atoms with E-state index in [9.17, 15) is 19.2 Å². The van der Waals surface area contributed by atoms with Crippen LogP contribution in [0.2, 0.25) is 0 Å². The molecule has 9 heteroatoms. The van der Waals surface area contributed by atoms with Crippen LogP contribution in [-0.2, 0) is 6.54 Å². The molecular weight excluding hydrogens is 412 g/mol. The molecule has 3 N–H and O–H groups in total. The molecule has 0 bridgehead atoms. The Kier molecular flexibility index (Phi) is 6.97. The SMILES string of the molecule is CCCCn1c(N)c(N(CCC(C)C)C(=O)c2cc3ccccc3oc2=O)c(=O)[nH]c1=O. The van der Waals surface area contributed by atoms with Crippen LogP contribution < -0.4 is 27.5 Å². The molecule has 9 nitrogen and oxygen atoms in total. The quantitative estimate of drug-likeness (QED) is 0.518. The van der Waals surface area contributed by atoms with Crippen LogP contribution in [0.1, 0.15) is 50.4 Å². The number of hydrogen-bond donors (Lipinski definition) is 2. The molecule has 0 aliphatic heterocycles. The number of carbonyl (C=O) groups is 1. The standard InChI is InChI=1S/C23H28N4O5/c1-4-5-11-27-19(24)18(20(28)25-23(27)31)26(12-10-14(2)3)21(29)16-13-15-8-6-7-9-17(15)32-22(16)30/h6-9,13-14H,4-5,10-12,24H2,1-3H3,(H,25,28,31). The summed E-state index contributed by atoms with van der Waals surface area (Å²) in [5, 5.41) is 0.578. The average molecular weight is 441 g/mol. The summed E-state index contributed by atoms with van der Waals surface area (Å²) in [7, 11) is 0. The highest BCUT2D eigenvalue weighted by Crippen LogP contribution is 2.22. The highest BCUT2D eigenvalue weighted by Gasteiger charge is 2.27. The Balaban J connectivity index is 2.17. The molecule has 0 aliphatic rings. The predicted octanol–water partition coefficient (Wildman–Crippen LogP) is 2.72. The number of benzene rings is 1. The zero-order chi connectivity index (χ0) is 23.4. The number of anilines is 2. The molecule has 0 radical (unpaired) electrons. The summed E-state index contributed by atoms with van der Waals surface area (Å²) < 4.78 is 6.56. The van der Waals surface area contributed by atoms with Gasteiger partial charge in [0.25, 0.3) is 11.5 Å². The molecule has 0 spiro atoms. The highest BCUT2D eigenvalue weighted by atomic mass is 16.4. The molecule has 2 aromatic heterocycles. The van der Waals surface area contributed by atoms with Crippen LogP contribution in [-0.4, -0.2) is 22.0 Å². The van der Waals surface area contributed by atoms with Crippen LogP contribution in [0.3, 0.4) is 0 Å². The Bertz CT molecular complexity index is 1300. The zero-order valence-electron chi connectivity index (χ0n) is 18.5. The van der Waals surface area contributed by atoms with Gasteiger partial charge in [-0.1, -0.05) is 45.4 Å². The second-order valence-corrected chi connectivity index (χ2v) is 8.12. The lowest BCUT2D eigenvalue weighted by molar-refractivity contribution is 0.0982. The van der Waals surface area contributed by atoms with Gasteiger partial charge in [0.1, 0.15) is 17.0 Å². The smallest absolute Gasteiger partial charge is 0.349 e. The molecule has 3 aromatic rings. The first-order valence-electron chi connectivity index (χ1n) is 10.7. The Labute approximate surface area is 184 Å². The number of H-pyrrole nitrogens is 1. The summed E-state index contributed by atoms with van der Waals surface area (Å²) in [5.41, 5.74) is 4.01. The second kappa shape index (κ2) is 9.67. The Morgan fingerprint density at radius 2 is 1.94 bits per heavy atom. The van der Waals surface area contributed by atoms with Crippen molar-refractivity contribution >= 4 is 28.4 Å². The van der Waals surface area contributed by atoms with Crippen molar-refractivity contribution in [3.05, 3.63) is 67.2 Å². The molecule has 2 heterocycles. The minimum absolute atomic E-state index is 0.102. The third-order valence-electron chi connectivity index (χ3n) is 5.27. The molecular formula is C23H28N4O5. The Morgan fingerprint density at radius 1 is 1.22 bits per heavy atom. The number of nitrogens with two attached hydrogens (primary N) is 1. The van der Waals surface area contributed by atoms with Crippen LogP contribution >= 0.6 is 0 Å². The van der Waals surface area contributed by atoms with Gasteiger partial charge in [0.2, 0.25) is 0 Å². The van der Waals surface area contributed by atoms with Gasteiger partial charge in [-0.3, -0.25) is 19.1 Å². The van der Waals surface area contributed by atoms with Gasteiger partial charge < -0.3 is 15.1 Å². The van der Waals surface area contributed by atoms with Gasteiger partial charge in [-0.25, -0.2) is 9.59 Å². The van der Waals surface area contributed by atoms with Gasteiger partial charge in [-0.2, -0.15) is 0 Å². The molecule has 3 rings (SSSR count). The van der Waals surface area contributed by atoms with Crippen molar-refractivity contribution in [2.24, 2.45) is 5.92 Å². The van der Waals surface area contributed by atoms with Crippen LogP contribution in [0.5, 0.6) is 0 Å². The maximum Gasteiger partial charge on any atom is 0.349 e. The fourth-order valence-corrected chi connectivity index (χ4v) is 3.44. The average Bonchev–Trinajstić information content (AvgIpc) is 2.74. The first kappa shape index (κ1) is 23.1. The van der Waals surface area contributed by atoms with Crippen molar-refractivity contribution in [2.75, 3.05) is 17.2 Å². The molecule has 0 saturated heterocycles. The first-order valence-corrected chi connectivity index (χ1v) is 10.7.